The number of ether oxygens (including phenoxy) is 1. The molecule has 0 spiro atoms. The molecule has 3 aromatic rings. The van der Waals surface area contributed by atoms with Crippen molar-refractivity contribution in [3.8, 4) is 11.5 Å². The second-order valence-electron chi connectivity index (χ2n) is 10.9. The van der Waals surface area contributed by atoms with Gasteiger partial charge in [0.1, 0.15) is 11.5 Å². The third-order valence-electron chi connectivity index (χ3n) is 7.33. The van der Waals surface area contributed by atoms with Crippen LogP contribution in [0.4, 0.5) is 16.2 Å². The minimum absolute atomic E-state index is 0. The highest BCUT2D eigenvalue weighted by molar-refractivity contribution is 7.92. The molecular weight excluding hydrogens is 572 g/mol. The van der Waals surface area contributed by atoms with E-state index < -0.39 is 10.0 Å². The number of para-hydroxylation sites is 1. The summed E-state index contributed by atoms with van der Waals surface area (Å²) in [5.41, 5.74) is 4.98. The average molecular weight is 615 g/mol. The van der Waals surface area contributed by atoms with Crippen molar-refractivity contribution < 1.29 is 17.9 Å². The van der Waals surface area contributed by atoms with Crippen molar-refractivity contribution >= 4 is 39.8 Å². The van der Waals surface area contributed by atoms with Gasteiger partial charge in [-0.3, -0.25) is 14.5 Å². The Bertz CT molecular complexity index is 1390. The van der Waals surface area contributed by atoms with Crippen molar-refractivity contribution in [3.05, 3.63) is 83.4 Å². The number of anilines is 2. The number of amides is 2. The maximum Gasteiger partial charge on any atom is 0.322 e. The maximum absolute atomic E-state index is 13.4. The highest BCUT2D eigenvalue weighted by Crippen LogP contribution is 2.27. The predicted octanol–water partition coefficient (Wildman–Crippen LogP) is 6.87. The molecule has 0 bridgehead atoms. The summed E-state index contributed by atoms with van der Waals surface area (Å²) < 4.78 is 31.1. The van der Waals surface area contributed by atoms with Gasteiger partial charge >= 0.3 is 6.03 Å². The normalized spacial score (nSPS) is 14.1. The Balaban J connectivity index is 0.00000484. The second kappa shape index (κ2) is 15.3. The van der Waals surface area contributed by atoms with Crippen LogP contribution in [-0.4, -0.2) is 51.3 Å². The third kappa shape index (κ3) is 9.64. The molecule has 1 aliphatic rings. The number of likely N-dealkylation sites (tertiary alicyclic amines) is 1. The fraction of sp³-hybridized carbons (Fsp3) is 0.406. The lowest BCUT2D eigenvalue weighted by Gasteiger charge is -2.34. The number of hydrogen-bond donors (Lipinski definition) is 2. The van der Waals surface area contributed by atoms with Gasteiger partial charge in [0.25, 0.3) is 0 Å². The molecule has 0 aromatic heterocycles. The van der Waals surface area contributed by atoms with Gasteiger partial charge in [-0.05, 0) is 86.2 Å². The first-order valence-corrected chi connectivity index (χ1v) is 16.2. The van der Waals surface area contributed by atoms with Gasteiger partial charge in [0.2, 0.25) is 10.0 Å². The highest BCUT2D eigenvalue weighted by atomic mass is 35.5. The number of piperidine rings is 1. The number of rotatable bonds is 11. The topological polar surface area (TPSA) is 91.0 Å². The number of sulfonamides is 1. The van der Waals surface area contributed by atoms with E-state index in [4.69, 9.17) is 4.74 Å². The average Bonchev–Trinajstić information content (AvgIpc) is 2.93. The van der Waals surface area contributed by atoms with Crippen molar-refractivity contribution in [2.75, 3.05) is 35.5 Å². The molecule has 0 aliphatic carbocycles. The molecule has 0 saturated carbocycles. The molecule has 4 rings (SSSR count). The van der Waals surface area contributed by atoms with Crippen molar-refractivity contribution in [2.45, 2.75) is 59.0 Å². The van der Waals surface area contributed by atoms with E-state index in [0.717, 1.165) is 80.7 Å². The number of carbonyl (C=O) groups is 1. The van der Waals surface area contributed by atoms with Crippen molar-refractivity contribution in [1.29, 1.82) is 0 Å². The van der Waals surface area contributed by atoms with Crippen molar-refractivity contribution in [2.24, 2.45) is 0 Å². The Morgan fingerprint density at radius 3 is 2.07 bits per heavy atom. The lowest BCUT2D eigenvalue weighted by Crippen LogP contribution is -2.49. The van der Waals surface area contributed by atoms with Crippen LogP contribution in [0.15, 0.2) is 66.7 Å². The largest absolute Gasteiger partial charge is 0.457 e. The molecule has 2 amide bonds. The zero-order valence-corrected chi connectivity index (χ0v) is 26.6. The van der Waals surface area contributed by atoms with E-state index in [-0.39, 0.29) is 24.5 Å². The van der Waals surface area contributed by atoms with E-state index in [1.54, 1.807) is 24.3 Å². The minimum atomic E-state index is -3.31. The molecular formula is C32H43ClN4O4S. The number of halogens is 1. The summed E-state index contributed by atoms with van der Waals surface area (Å²) in [6, 6.07) is 21.2. The van der Waals surface area contributed by atoms with Crippen LogP contribution < -0.4 is 19.7 Å². The van der Waals surface area contributed by atoms with Gasteiger partial charge < -0.3 is 10.1 Å². The summed E-state index contributed by atoms with van der Waals surface area (Å²) >= 11 is 0. The molecule has 0 atom stereocenters. The fourth-order valence-electron chi connectivity index (χ4n) is 5.21. The van der Waals surface area contributed by atoms with E-state index in [0.29, 0.717) is 11.4 Å². The Hall–Kier alpha value is -3.27. The van der Waals surface area contributed by atoms with E-state index in [9.17, 15) is 13.2 Å². The van der Waals surface area contributed by atoms with E-state index >= 15 is 0 Å². The van der Waals surface area contributed by atoms with E-state index in [1.807, 2.05) is 23.1 Å². The van der Waals surface area contributed by atoms with Crippen molar-refractivity contribution in [3.63, 3.8) is 0 Å². The summed E-state index contributed by atoms with van der Waals surface area (Å²) in [5, 5.41) is 3.32. The molecule has 3 aromatic carbocycles. The lowest BCUT2D eigenvalue weighted by molar-refractivity contribution is 0.188. The first-order chi connectivity index (χ1) is 19.6. The van der Waals surface area contributed by atoms with Gasteiger partial charge in [0, 0.05) is 37.9 Å². The number of urea groups is 1. The van der Waals surface area contributed by atoms with Crippen LogP contribution in [-0.2, 0) is 16.6 Å². The molecule has 2 N–H and O–H groups in total. The second-order valence-corrected chi connectivity index (χ2v) is 12.6. The van der Waals surface area contributed by atoms with Gasteiger partial charge in [-0.25, -0.2) is 13.2 Å². The lowest BCUT2D eigenvalue weighted by atomic mass is 10.0. The monoisotopic (exact) mass is 614 g/mol. The Morgan fingerprint density at radius 2 is 1.52 bits per heavy atom. The number of nitrogens with zero attached hydrogens (tertiary/aromatic N) is 2. The van der Waals surface area contributed by atoms with Gasteiger partial charge in [0.15, 0.2) is 0 Å². The summed E-state index contributed by atoms with van der Waals surface area (Å²) in [5.74, 6) is 1.35. The fourth-order valence-corrected chi connectivity index (χ4v) is 5.78. The van der Waals surface area contributed by atoms with Crippen LogP contribution >= 0.6 is 12.4 Å². The number of hydrogen-bond acceptors (Lipinski definition) is 5. The number of benzene rings is 3. The van der Waals surface area contributed by atoms with E-state index in [2.05, 4.69) is 60.0 Å². The highest BCUT2D eigenvalue weighted by Gasteiger charge is 2.25. The molecule has 1 fully saturated rings. The number of unbranched alkanes of at least 4 members (excludes halogenated alkanes) is 1. The van der Waals surface area contributed by atoms with Crippen LogP contribution in [0.2, 0.25) is 0 Å². The number of nitrogens with one attached hydrogen (secondary N) is 2. The molecule has 10 heteroatoms. The van der Waals surface area contributed by atoms with Crippen LogP contribution in [0.3, 0.4) is 0 Å². The Kier molecular flexibility index (Phi) is 12.1. The molecule has 228 valence electrons. The van der Waals surface area contributed by atoms with Crippen LogP contribution in [0, 0.1) is 13.8 Å². The standard InChI is InChI=1S/C32H42N4O4S.ClH/c1-5-6-20-36(31-24(2)8-7-9-25(31)3)32(37)33-27-18-21-35(22-19-27)23-26-10-14-29(15-11-26)40-30-16-12-28(13-17-30)34-41(4,38)39;/h7-17,27,34H,5-6,18-23H2,1-4H3,(H,33,37);1H. The molecule has 0 radical (unpaired) electrons. The van der Waals surface area contributed by atoms with Crippen LogP contribution in [0.1, 0.15) is 49.3 Å². The summed E-state index contributed by atoms with van der Waals surface area (Å²) in [6.07, 6.45) is 4.98. The zero-order valence-electron chi connectivity index (χ0n) is 24.9. The van der Waals surface area contributed by atoms with Gasteiger partial charge in [0.05, 0.1) is 11.9 Å². The van der Waals surface area contributed by atoms with E-state index in [1.165, 1.54) is 5.56 Å². The molecule has 1 aliphatic heterocycles. The summed E-state index contributed by atoms with van der Waals surface area (Å²) in [4.78, 5) is 17.7. The van der Waals surface area contributed by atoms with Crippen molar-refractivity contribution in [1.82, 2.24) is 10.2 Å². The van der Waals surface area contributed by atoms with Gasteiger partial charge in [-0.15, -0.1) is 12.4 Å². The summed E-state index contributed by atoms with van der Waals surface area (Å²) in [6.45, 7) is 9.72. The summed E-state index contributed by atoms with van der Waals surface area (Å²) in [7, 11) is -3.31. The third-order valence-corrected chi connectivity index (χ3v) is 7.93. The quantitative estimate of drug-likeness (QED) is 0.246. The first kappa shape index (κ1) is 33.2. The molecule has 42 heavy (non-hydrogen) atoms. The zero-order chi connectivity index (χ0) is 29.4. The number of carbonyl (C=O) groups excluding carboxylic acids is 1. The smallest absolute Gasteiger partial charge is 0.322 e. The molecule has 8 nitrogen and oxygen atoms in total. The Labute approximate surface area is 256 Å². The molecule has 0 unspecified atom stereocenters. The van der Waals surface area contributed by atoms with Crippen LogP contribution in [0.5, 0.6) is 11.5 Å². The predicted molar refractivity (Wildman–Crippen MR) is 174 cm³/mol. The molecule has 1 saturated heterocycles. The van der Waals surface area contributed by atoms with Crippen LogP contribution in [0.25, 0.3) is 0 Å². The minimum Gasteiger partial charge on any atom is -0.457 e. The van der Waals surface area contributed by atoms with Gasteiger partial charge in [-0.1, -0.05) is 43.7 Å². The maximum atomic E-state index is 13.4. The van der Waals surface area contributed by atoms with Gasteiger partial charge in [-0.2, -0.15) is 0 Å². The first-order valence-electron chi connectivity index (χ1n) is 14.3. The molecule has 1 heterocycles. The number of aryl methyl sites for hydroxylation is 2. The Morgan fingerprint density at radius 1 is 0.952 bits per heavy atom. The SMILES string of the molecule is CCCCN(C(=O)NC1CCN(Cc2ccc(Oc3ccc(NS(C)(=O)=O)cc3)cc2)CC1)c1c(C)cccc1C.Cl.